The highest BCUT2D eigenvalue weighted by Crippen LogP contribution is 2.40. The maximum absolute atomic E-state index is 13.0. The van der Waals surface area contributed by atoms with E-state index in [9.17, 15) is 21.2 Å². The summed E-state index contributed by atoms with van der Waals surface area (Å²) in [6.07, 6.45) is 0.560. The number of thiophene rings is 2. The molecule has 1 aliphatic heterocycles. The monoisotopic (exact) mass is 1550 g/mol. The van der Waals surface area contributed by atoms with E-state index in [1.807, 2.05) is 138 Å². The van der Waals surface area contributed by atoms with Gasteiger partial charge in [-0.2, -0.15) is 31.1 Å². The van der Waals surface area contributed by atoms with Gasteiger partial charge in [0.15, 0.2) is 31.3 Å². The lowest BCUT2D eigenvalue weighted by atomic mass is 9.96. The minimum Gasteiger partial charge on any atom is -0.496 e. The van der Waals surface area contributed by atoms with Gasteiger partial charge in [-0.15, -0.1) is 35.1 Å². The summed E-state index contributed by atoms with van der Waals surface area (Å²) >= 11 is 13.9. The van der Waals surface area contributed by atoms with E-state index in [0.717, 1.165) is 89.1 Å². The smallest absolute Gasteiger partial charge is 0.193 e. The summed E-state index contributed by atoms with van der Waals surface area (Å²) in [6.45, 7) is 1.49. The fraction of sp³-hybridized carbons (Fsp3) is 0.160. The Kier molecular flexibility index (Phi) is 26.4. The normalized spacial score (nSPS) is 12.0. The molecule has 6 heterocycles. The first-order valence-electron chi connectivity index (χ1n) is 31.4. The van der Waals surface area contributed by atoms with Crippen molar-refractivity contribution < 1.29 is 44.9 Å². The van der Waals surface area contributed by atoms with Gasteiger partial charge in [0.25, 0.3) is 0 Å². The van der Waals surface area contributed by atoms with Crippen molar-refractivity contribution >= 4 is 128 Å². The average Bonchev–Trinajstić information content (AvgIpc) is 1.61. The lowest BCUT2D eigenvalue weighted by Gasteiger charge is -2.12. The zero-order valence-electron chi connectivity index (χ0n) is 56.8. The van der Waals surface area contributed by atoms with Crippen LogP contribution in [0.15, 0.2) is 201 Å². The molecule has 0 aliphatic carbocycles. The predicted octanol–water partition coefficient (Wildman–Crippen LogP) is 14.9. The summed E-state index contributed by atoms with van der Waals surface area (Å²) in [6, 6.07) is 61.6. The molecular formula is C75H67Cl3FN13O9S4. The number of hydrogen-bond acceptors (Lipinski definition) is 21. The molecule has 105 heavy (non-hydrogen) atoms. The molecule has 0 radical (unpaired) electrons. The van der Waals surface area contributed by atoms with E-state index >= 15 is 0 Å². The van der Waals surface area contributed by atoms with Crippen LogP contribution >= 0.6 is 58.3 Å². The molecule has 1 aliphatic rings. The van der Waals surface area contributed by atoms with E-state index in [0.29, 0.717) is 91.5 Å². The molecule has 14 rings (SSSR count). The molecule has 8 aromatic carbocycles. The molecule has 22 nitrogen and oxygen atoms in total. The molecule has 30 heteroatoms. The van der Waals surface area contributed by atoms with Crippen molar-refractivity contribution in [3.8, 4) is 47.0 Å². The number of aromatic amines is 1. The first-order valence-corrected chi connectivity index (χ1v) is 37.1. The summed E-state index contributed by atoms with van der Waals surface area (Å²) in [4.78, 5) is 4.78. The first-order chi connectivity index (χ1) is 50.2. The van der Waals surface area contributed by atoms with E-state index < -0.39 is 25.5 Å². The number of anilines is 2. The average molecular weight is 1550 g/mol. The Hall–Kier alpha value is -11.0. The highest BCUT2D eigenvalue weighted by Gasteiger charge is 2.33. The van der Waals surface area contributed by atoms with Crippen molar-refractivity contribution in [3.05, 3.63) is 258 Å². The van der Waals surface area contributed by atoms with Crippen molar-refractivity contribution in [2.24, 2.45) is 10.7 Å². The second kappa shape index (κ2) is 35.4. The minimum absolute atomic E-state index is 0. The van der Waals surface area contributed by atoms with Crippen molar-refractivity contribution in [1.29, 1.82) is 15.8 Å². The van der Waals surface area contributed by atoms with Crippen LogP contribution in [0.5, 0.6) is 28.7 Å². The third-order valence-corrected chi connectivity index (χ3v) is 23.0. The van der Waals surface area contributed by atoms with Gasteiger partial charge in [0.1, 0.15) is 60.4 Å². The molecular weight excluding hydrogens is 1480 g/mol. The maximum atomic E-state index is 13.0. The Bertz CT molecular complexity index is 5690. The summed E-state index contributed by atoms with van der Waals surface area (Å²) in [5.41, 5.74) is 27.8. The third kappa shape index (κ3) is 18.5. The van der Waals surface area contributed by atoms with Gasteiger partial charge in [-0.1, -0.05) is 108 Å². The van der Waals surface area contributed by atoms with Gasteiger partial charge in [0.05, 0.1) is 136 Å². The van der Waals surface area contributed by atoms with Crippen molar-refractivity contribution in [2.45, 2.75) is 46.3 Å². The standard InChI is InChI=1S/C22H17ClN2O3S2.C21H20ClN3O3S2.C16H14N4O.C8H6FNO.C8H9N3O.ClH/c1-28-19-7-3-6-16-17(11-14-4-2-5-15(10-14)12-24)25-18(22(16)19)13-30(26,27)21-9-8-20(23)29-21;1-28-18-7-3-6-17-21(18)16(13-30(26,27)20-9-8-19(22)29-20)24-25(17)12-15-5-2-4-14(10-15)11-23;1-21-14-7-3-6-13-15(14)16(18)19-20(13)10-12-5-2-4-11(8-12)9-17;1-11-8-4-2-3-7(9)6(8)5-10;1-12-6-4-2-3-5-7(6)8(9)11-10-5;/h2-10,17H,11,13H2,1H3;2-10H,11-13,23H2,1H3;2-8H,10H2,1H3,(H2,18,19);2-4H,1H3;2-4H,1H3,(H3,9,10,11);1H. The van der Waals surface area contributed by atoms with Crippen molar-refractivity contribution in [1.82, 2.24) is 29.8 Å². The minimum atomic E-state index is -3.59. The van der Waals surface area contributed by atoms with Gasteiger partial charge in [-0.3, -0.25) is 19.5 Å². The van der Waals surface area contributed by atoms with E-state index in [1.54, 1.807) is 69.5 Å². The van der Waals surface area contributed by atoms with Crippen LogP contribution in [-0.2, 0) is 51.5 Å². The number of hydrogen-bond donors (Lipinski definition) is 4. The number of aromatic nitrogens is 6. The van der Waals surface area contributed by atoms with E-state index in [-0.39, 0.29) is 49.7 Å². The summed E-state index contributed by atoms with van der Waals surface area (Å²) in [7, 11) is 0.562. The van der Waals surface area contributed by atoms with Crippen molar-refractivity contribution in [3.63, 3.8) is 0 Å². The fourth-order valence-electron chi connectivity index (χ4n) is 11.5. The number of fused-ring (bicyclic) bond motifs is 4. The molecule has 0 bridgehead atoms. The number of methoxy groups -OCH3 is 5. The van der Waals surface area contributed by atoms with Crippen LogP contribution in [-0.4, -0.2) is 93.6 Å². The Morgan fingerprint density at radius 1 is 0.543 bits per heavy atom. The number of H-pyrrole nitrogens is 1. The van der Waals surface area contributed by atoms with E-state index in [2.05, 4.69) is 32.5 Å². The maximum Gasteiger partial charge on any atom is 0.193 e. The lowest BCUT2D eigenvalue weighted by molar-refractivity contribution is 0.409. The number of nitriles is 3. The molecule has 7 N–H and O–H groups in total. The molecule has 1 unspecified atom stereocenters. The molecule has 5 aromatic heterocycles. The number of nitrogen functional groups attached to an aromatic ring is 2. The topological polar surface area (TPSA) is 341 Å². The number of benzene rings is 8. The number of aliphatic imine (C=N–C) groups is 1. The largest absolute Gasteiger partial charge is 0.496 e. The summed E-state index contributed by atoms with van der Waals surface area (Å²) in [5, 5.41) is 44.7. The molecule has 0 saturated carbocycles. The van der Waals surface area contributed by atoms with Crippen LogP contribution in [0, 0.1) is 39.8 Å². The Morgan fingerprint density at radius 3 is 1.60 bits per heavy atom. The van der Waals surface area contributed by atoms with Crippen LogP contribution < -0.4 is 40.9 Å². The Balaban J connectivity index is 0.000000159. The van der Waals surface area contributed by atoms with Gasteiger partial charge in [-0.05, 0) is 137 Å². The number of nitrogens with one attached hydrogen (secondary N) is 1. The zero-order chi connectivity index (χ0) is 74.2. The molecule has 0 amide bonds. The number of halogens is 4. The Labute approximate surface area is 629 Å². The quantitative estimate of drug-likeness (QED) is 0.0620. The van der Waals surface area contributed by atoms with E-state index in [4.69, 9.17) is 84.9 Å². The van der Waals surface area contributed by atoms with Crippen LogP contribution in [0.1, 0.15) is 61.8 Å². The van der Waals surface area contributed by atoms with Gasteiger partial charge >= 0.3 is 0 Å². The molecule has 0 fully saturated rings. The zero-order valence-corrected chi connectivity index (χ0v) is 62.4. The van der Waals surface area contributed by atoms with Crippen LogP contribution in [0.25, 0.3) is 32.7 Å². The Morgan fingerprint density at radius 2 is 1.03 bits per heavy atom. The lowest BCUT2D eigenvalue weighted by Crippen LogP contribution is -2.16. The van der Waals surface area contributed by atoms with Gasteiger partial charge in [-0.25, -0.2) is 21.2 Å². The second-order valence-electron chi connectivity index (χ2n) is 22.8. The number of ether oxygens (including phenoxy) is 5. The third-order valence-electron chi connectivity index (χ3n) is 16.2. The fourth-order valence-corrected chi connectivity index (χ4v) is 17.2. The summed E-state index contributed by atoms with van der Waals surface area (Å²) in [5.74, 6) is 2.81. The van der Waals surface area contributed by atoms with Gasteiger partial charge < -0.3 is 40.9 Å². The molecule has 1 atom stereocenters. The first kappa shape index (κ1) is 78.1. The number of nitrogens with zero attached hydrogens (tertiary/aromatic N) is 9. The van der Waals surface area contributed by atoms with Crippen LogP contribution in [0.4, 0.5) is 16.0 Å². The predicted molar refractivity (Wildman–Crippen MR) is 411 cm³/mol. The number of sulfone groups is 2. The van der Waals surface area contributed by atoms with Crippen molar-refractivity contribution in [2.75, 3.05) is 52.8 Å². The van der Waals surface area contributed by atoms with E-state index in [1.165, 1.54) is 31.4 Å². The molecule has 13 aromatic rings. The highest BCUT2D eigenvalue weighted by molar-refractivity contribution is 7.94. The van der Waals surface area contributed by atoms with Gasteiger partial charge in [0, 0.05) is 12.1 Å². The SMILES string of the molecule is COc1cccc(F)c1C#N.COc1cccc2[nH]nc(N)c12.COc1cccc2c1C(CS(=O)(=O)c1ccc(Cl)s1)=NC2Cc1cccc(C#N)c1.COc1cccc2c1c(CS(=O)(=O)c1ccc(Cl)s1)nn2Cc1cccc(CN)c1.COc1cccc2c1c(N)nn2Cc1cccc(C#N)c1.Cl. The molecule has 538 valence electrons. The van der Waals surface area contributed by atoms with Crippen LogP contribution in [0.2, 0.25) is 8.67 Å². The highest BCUT2D eigenvalue weighted by atomic mass is 35.5. The number of nitrogens with two attached hydrogens (primary N) is 3. The number of rotatable bonds is 18. The summed E-state index contributed by atoms with van der Waals surface area (Å²) < 4.78 is 95.7. The molecule has 0 saturated heterocycles. The van der Waals surface area contributed by atoms with Gasteiger partial charge in [0.2, 0.25) is 0 Å². The molecule has 0 spiro atoms. The second-order valence-corrected chi connectivity index (χ2v) is 30.6. The van der Waals surface area contributed by atoms with Crippen LogP contribution in [0.3, 0.4) is 0 Å².